The molecule has 1 aliphatic carbocycles. The Morgan fingerprint density at radius 2 is 2.00 bits per heavy atom. The van der Waals surface area contributed by atoms with Gasteiger partial charge in [0, 0.05) is 10.9 Å². The zero-order valence-electron chi connectivity index (χ0n) is 11.5. The molecule has 4 heteroatoms. The van der Waals surface area contributed by atoms with Crippen molar-refractivity contribution in [1.82, 2.24) is 5.32 Å². The lowest BCUT2D eigenvalue weighted by Crippen LogP contribution is -2.51. The Kier molecular flexibility index (Phi) is 3.44. The van der Waals surface area contributed by atoms with E-state index in [2.05, 4.69) is 28.2 Å². The van der Waals surface area contributed by atoms with Crippen molar-refractivity contribution >= 4 is 27.7 Å². The first kappa shape index (κ1) is 13.8. The fourth-order valence-electron chi connectivity index (χ4n) is 3.73. The minimum absolute atomic E-state index is 0.118. The van der Waals surface area contributed by atoms with Gasteiger partial charge in [-0.15, -0.1) is 0 Å². The molecule has 3 rings (SSSR count). The molecule has 1 heterocycles. The highest BCUT2D eigenvalue weighted by Crippen LogP contribution is 2.59. The lowest BCUT2D eigenvalue weighted by Gasteiger charge is -2.43. The van der Waals surface area contributed by atoms with E-state index in [1.807, 2.05) is 24.3 Å². The zero-order valence-corrected chi connectivity index (χ0v) is 13.1. The fourth-order valence-corrected chi connectivity index (χ4v) is 4.25. The molecule has 106 valence electrons. The topological polar surface area (TPSA) is 46.2 Å². The van der Waals surface area contributed by atoms with Crippen LogP contribution in [0.2, 0.25) is 0 Å². The Morgan fingerprint density at radius 1 is 1.30 bits per heavy atom. The Bertz CT molecular complexity index is 567. The number of nitrogens with one attached hydrogen (secondary N) is 1. The number of carbonyl (C=O) groups is 2. The maximum Gasteiger partial charge on any atom is 0.234 e. The number of piperidine rings is 1. The van der Waals surface area contributed by atoms with E-state index < -0.39 is 0 Å². The number of hydrogen-bond acceptors (Lipinski definition) is 2. The minimum Gasteiger partial charge on any atom is -0.296 e. The van der Waals surface area contributed by atoms with Gasteiger partial charge in [-0.05, 0) is 42.2 Å². The maximum atomic E-state index is 12.5. The summed E-state index contributed by atoms with van der Waals surface area (Å²) in [6.07, 6.45) is 3.60. The van der Waals surface area contributed by atoms with Crippen LogP contribution >= 0.6 is 15.9 Å². The highest BCUT2D eigenvalue weighted by molar-refractivity contribution is 9.10. The van der Waals surface area contributed by atoms with E-state index in [1.165, 1.54) is 0 Å². The first-order chi connectivity index (χ1) is 9.58. The predicted molar refractivity (Wildman–Crippen MR) is 80.1 cm³/mol. The summed E-state index contributed by atoms with van der Waals surface area (Å²) in [6, 6.07) is 7.87. The summed E-state index contributed by atoms with van der Waals surface area (Å²) in [5.41, 5.74) is 0.801. The van der Waals surface area contributed by atoms with Crippen molar-refractivity contribution in [2.75, 3.05) is 0 Å². The Labute approximate surface area is 127 Å². The average Bonchev–Trinajstić information content (AvgIpc) is 3.24. The van der Waals surface area contributed by atoms with Crippen LogP contribution in [0.15, 0.2) is 28.7 Å². The number of benzene rings is 1. The molecule has 2 atom stereocenters. The molecule has 1 aliphatic heterocycles. The van der Waals surface area contributed by atoms with Crippen LogP contribution < -0.4 is 5.32 Å². The van der Waals surface area contributed by atoms with Gasteiger partial charge in [-0.3, -0.25) is 14.9 Å². The van der Waals surface area contributed by atoms with Gasteiger partial charge in [0.05, 0.1) is 5.92 Å². The average molecular weight is 336 g/mol. The molecular weight excluding hydrogens is 318 g/mol. The first-order valence-corrected chi connectivity index (χ1v) is 7.96. The van der Waals surface area contributed by atoms with Crippen molar-refractivity contribution in [3.63, 3.8) is 0 Å². The molecule has 0 spiro atoms. The van der Waals surface area contributed by atoms with Gasteiger partial charge in [0.2, 0.25) is 11.8 Å². The number of hydrogen-bond donors (Lipinski definition) is 1. The van der Waals surface area contributed by atoms with E-state index in [-0.39, 0.29) is 23.1 Å². The van der Waals surface area contributed by atoms with E-state index in [4.69, 9.17) is 0 Å². The summed E-state index contributed by atoms with van der Waals surface area (Å²) >= 11 is 3.56. The van der Waals surface area contributed by atoms with Gasteiger partial charge in [-0.1, -0.05) is 41.1 Å². The molecule has 1 saturated carbocycles. The van der Waals surface area contributed by atoms with Crippen LogP contribution in [-0.2, 0) is 9.59 Å². The van der Waals surface area contributed by atoms with E-state index in [0.29, 0.717) is 12.3 Å². The lowest BCUT2D eigenvalue weighted by atomic mass is 9.62. The van der Waals surface area contributed by atoms with Crippen molar-refractivity contribution in [1.29, 1.82) is 0 Å². The third-order valence-corrected chi connectivity index (χ3v) is 5.58. The molecule has 2 unspecified atom stereocenters. The molecule has 20 heavy (non-hydrogen) atoms. The molecule has 2 fully saturated rings. The molecule has 3 nitrogen and oxygen atoms in total. The predicted octanol–water partition coefficient (Wildman–Crippen LogP) is 3.39. The normalized spacial score (nSPS) is 30.2. The zero-order chi connectivity index (χ0) is 14.3. The number of amides is 2. The number of imide groups is 1. The first-order valence-electron chi connectivity index (χ1n) is 7.16. The molecular formula is C16H18BrNO2. The third-order valence-electron chi connectivity index (χ3n) is 4.85. The summed E-state index contributed by atoms with van der Waals surface area (Å²) in [5.74, 6) is 0.0156. The summed E-state index contributed by atoms with van der Waals surface area (Å²) in [6.45, 7) is 2.11. The molecule has 1 saturated heterocycles. The number of rotatable bonds is 3. The van der Waals surface area contributed by atoms with Crippen LogP contribution in [0.3, 0.4) is 0 Å². The van der Waals surface area contributed by atoms with Crippen molar-refractivity contribution in [2.45, 2.75) is 38.5 Å². The molecule has 1 N–H and O–H groups in total. The molecule has 0 radical (unpaired) electrons. The van der Waals surface area contributed by atoms with Gasteiger partial charge in [-0.25, -0.2) is 0 Å². The summed E-state index contributed by atoms with van der Waals surface area (Å²) in [4.78, 5) is 24.4. The number of carbonyl (C=O) groups excluding carboxylic acids is 2. The van der Waals surface area contributed by atoms with Crippen molar-refractivity contribution < 1.29 is 9.59 Å². The second-order valence-corrected chi connectivity index (χ2v) is 6.76. The van der Waals surface area contributed by atoms with Crippen molar-refractivity contribution in [2.24, 2.45) is 11.3 Å². The van der Waals surface area contributed by atoms with Gasteiger partial charge in [-0.2, -0.15) is 0 Å². The van der Waals surface area contributed by atoms with Gasteiger partial charge in [0.15, 0.2) is 0 Å². The number of halogens is 1. The van der Waals surface area contributed by atoms with Crippen LogP contribution in [0.25, 0.3) is 0 Å². The van der Waals surface area contributed by atoms with E-state index in [9.17, 15) is 9.59 Å². The SMILES string of the molecule is CCC1(C2CC2)CC(=O)NC(=O)C1c1ccccc1Br. The van der Waals surface area contributed by atoms with Gasteiger partial charge < -0.3 is 0 Å². The minimum atomic E-state index is -0.228. The summed E-state index contributed by atoms with van der Waals surface area (Å²) in [5, 5.41) is 2.53. The molecule has 2 aliphatic rings. The van der Waals surface area contributed by atoms with Crippen LogP contribution in [-0.4, -0.2) is 11.8 Å². The van der Waals surface area contributed by atoms with E-state index >= 15 is 0 Å². The van der Waals surface area contributed by atoms with Gasteiger partial charge >= 0.3 is 0 Å². The maximum absolute atomic E-state index is 12.5. The standard InChI is InChI=1S/C16H18BrNO2/c1-2-16(10-7-8-10)9-13(19)18-15(20)14(16)11-5-3-4-6-12(11)17/h3-6,10,14H,2,7-9H2,1H3,(H,18,19,20). The fraction of sp³-hybridized carbons (Fsp3) is 0.500. The second kappa shape index (κ2) is 4.99. The second-order valence-electron chi connectivity index (χ2n) is 5.90. The van der Waals surface area contributed by atoms with E-state index in [1.54, 1.807) is 0 Å². The molecule has 1 aromatic rings. The van der Waals surface area contributed by atoms with E-state index in [0.717, 1.165) is 29.3 Å². The molecule has 0 aromatic heterocycles. The highest BCUT2D eigenvalue weighted by atomic mass is 79.9. The highest BCUT2D eigenvalue weighted by Gasteiger charge is 2.56. The van der Waals surface area contributed by atoms with Crippen LogP contribution in [0.1, 0.15) is 44.1 Å². The monoisotopic (exact) mass is 335 g/mol. The quantitative estimate of drug-likeness (QED) is 0.860. The third kappa shape index (κ3) is 2.10. The van der Waals surface area contributed by atoms with Crippen LogP contribution in [0.4, 0.5) is 0 Å². The van der Waals surface area contributed by atoms with Crippen LogP contribution in [0, 0.1) is 11.3 Å². The van der Waals surface area contributed by atoms with Crippen molar-refractivity contribution in [3.8, 4) is 0 Å². The largest absolute Gasteiger partial charge is 0.296 e. The summed E-state index contributed by atoms with van der Waals surface area (Å²) < 4.78 is 0.952. The molecule has 1 aromatic carbocycles. The summed E-state index contributed by atoms with van der Waals surface area (Å²) in [7, 11) is 0. The van der Waals surface area contributed by atoms with Gasteiger partial charge in [0.1, 0.15) is 0 Å². The van der Waals surface area contributed by atoms with Crippen LogP contribution in [0.5, 0.6) is 0 Å². The van der Waals surface area contributed by atoms with Gasteiger partial charge in [0.25, 0.3) is 0 Å². The molecule has 0 bridgehead atoms. The lowest BCUT2D eigenvalue weighted by molar-refractivity contribution is -0.141. The molecule has 2 amide bonds. The Hall–Kier alpha value is -1.16. The Morgan fingerprint density at radius 3 is 2.60 bits per heavy atom. The Balaban J connectivity index is 2.11. The smallest absolute Gasteiger partial charge is 0.234 e. The van der Waals surface area contributed by atoms with Crippen molar-refractivity contribution in [3.05, 3.63) is 34.3 Å².